The first-order chi connectivity index (χ1) is 21.4. The van der Waals surface area contributed by atoms with E-state index in [2.05, 4.69) is 114 Å². The summed E-state index contributed by atoms with van der Waals surface area (Å²) in [5.74, 6) is 2.87. The van der Waals surface area contributed by atoms with Gasteiger partial charge in [0, 0.05) is 33.9 Å². The summed E-state index contributed by atoms with van der Waals surface area (Å²) in [4.78, 5) is 30.2. The lowest BCUT2D eigenvalue weighted by molar-refractivity contribution is 0.604. The van der Waals surface area contributed by atoms with Crippen molar-refractivity contribution in [3.05, 3.63) is 89.9 Å². The smallest absolute Gasteiger partial charge is 0.117 e. The Morgan fingerprint density at radius 1 is 0.422 bits per heavy atom. The summed E-state index contributed by atoms with van der Waals surface area (Å²) in [5.41, 5.74) is 8.21. The van der Waals surface area contributed by atoms with Gasteiger partial charge in [-0.1, -0.05) is 18.2 Å². The third-order valence-corrected chi connectivity index (χ3v) is 11.9. The molecule has 0 saturated carbocycles. The van der Waals surface area contributed by atoms with Crippen LogP contribution in [0.1, 0.15) is 58.6 Å². The van der Waals surface area contributed by atoms with Gasteiger partial charge in [0.1, 0.15) is 15.1 Å². The highest BCUT2D eigenvalue weighted by Crippen LogP contribution is 2.36. The molecule has 4 aromatic rings. The Bertz CT molecular complexity index is 1680. The van der Waals surface area contributed by atoms with Crippen molar-refractivity contribution in [2.24, 2.45) is 15.0 Å². The SMILES string of the molecule is CC1(C)CSC(c2cccc(-c3cc(-c4cccc(C5=NC(C)(C)CS5)n4)cc(-c4cccc(C5=NC(C)(C)CS5)n4)c3)n2)=N1. The van der Waals surface area contributed by atoms with Gasteiger partial charge in [-0.3, -0.25) is 15.0 Å². The van der Waals surface area contributed by atoms with Crippen molar-refractivity contribution in [1.29, 1.82) is 0 Å². The standard InChI is InChI=1S/C36H36N6S3/c1-34(2)19-43-31(40-34)28-13-7-10-25(37-28)22-16-23(26-11-8-14-29(38-26)32-41-35(3,4)20-44-32)18-24(17-22)27-12-9-15-30(39-27)33-42-36(5,6)21-45-33/h7-18H,19-21H2,1-6H3. The lowest BCUT2D eigenvalue weighted by atomic mass is 9.98. The van der Waals surface area contributed by atoms with Crippen molar-refractivity contribution >= 4 is 50.4 Å². The molecule has 3 aromatic heterocycles. The second-order valence-electron chi connectivity index (χ2n) is 13.6. The molecule has 1 aromatic carbocycles. The normalized spacial score (nSPS) is 19.7. The minimum absolute atomic E-state index is 0.0770. The van der Waals surface area contributed by atoms with Crippen LogP contribution >= 0.6 is 35.3 Å². The van der Waals surface area contributed by atoms with Gasteiger partial charge >= 0.3 is 0 Å². The lowest BCUT2D eigenvalue weighted by Gasteiger charge is -2.12. The van der Waals surface area contributed by atoms with Crippen molar-refractivity contribution < 1.29 is 0 Å². The minimum atomic E-state index is -0.0770. The van der Waals surface area contributed by atoms with E-state index >= 15 is 0 Å². The Balaban J connectivity index is 1.34. The van der Waals surface area contributed by atoms with Gasteiger partial charge in [-0.15, -0.1) is 35.3 Å². The zero-order valence-corrected chi connectivity index (χ0v) is 28.9. The second-order valence-corrected chi connectivity index (χ2v) is 16.5. The fraction of sp³-hybridized carbons (Fsp3) is 0.333. The molecule has 0 bridgehead atoms. The van der Waals surface area contributed by atoms with Crippen LogP contribution < -0.4 is 0 Å². The predicted octanol–water partition coefficient (Wildman–Crippen LogP) is 8.69. The molecule has 45 heavy (non-hydrogen) atoms. The van der Waals surface area contributed by atoms with E-state index in [1.54, 1.807) is 35.3 Å². The Morgan fingerprint density at radius 2 is 0.689 bits per heavy atom. The maximum atomic E-state index is 5.12. The van der Waals surface area contributed by atoms with Gasteiger partial charge < -0.3 is 0 Å². The number of benzene rings is 1. The first-order valence-corrected chi connectivity index (χ1v) is 18.1. The average molecular weight is 649 g/mol. The van der Waals surface area contributed by atoms with Crippen LogP contribution in [-0.2, 0) is 0 Å². The second kappa shape index (κ2) is 11.5. The highest BCUT2D eigenvalue weighted by molar-refractivity contribution is 8.15. The van der Waals surface area contributed by atoms with Crippen LogP contribution in [0, 0.1) is 0 Å². The molecule has 0 amide bonds. The van der Waals surface area contributed by atoms with Crippen LogP contribution in [0.4, 0.5) is 0 Å². The molecule has 0 spiro atoms. The summed E-state index contributed by atoms with van der Waals surface area (Å²) in [6.45, 7) is 13.0. The molecular formula is C36H36N6S3. The summed E-state index contributed by atoms with van der Waals surface area (Å²) in [5, 5.41) is 2.99. The molecule has 6 nitrogen and oxygen atoms in total. The Kier molecular flexibility index (Phi) is 7.77. The number of hydrogen-bond donors (Lipinski definition) is 0. The topological polar surface area (TPSA) is 75.8 Å². The molecule has 0 radical (unpaired) electrons. The summed E-state index contributed by atoms with van der Waals surface area (Å²) in [6, 6.07) is 25.2. The molecule has 3 aliphatic heterocycles. The molecule has 0 saturated heterocycles. The van der Waals surface area contributed by atoms with Crippen LogP contribution in [0.25, 0.3) is 33.8 Å². The van der Waals surface area contributed by atoms with Crippen LogP contribution in [0.5, 0.6) is 0 Å². The highest BCUT2D eigenvalue weighted by Gasteiger charge is 2.29. The van der Waals surface area contributed by atoms with Crippen LogP contribution in [-0.4, -0.2) is 64.0 Å². The van der Waals surface area contributed by atoms with Crippen molar-refractivity contribution in [3.8, 4) is 33.8 Å². The molecule has 0 atom stereocenters. The maximum Gasteiger partial charge on any atom is 0.117 e. The largest absolute Gasteiger partial charge is 0.269 e. The number of aromatic nitrogens is 3. The zero-order valence-electron chi connectivity index (χ0n) is 26.5. The van der Waals surface area contributed by atoms with Crippen molar-refractivity contribution in [2.75, 3.05) is 17.3 Å². The summed E-state index contributed by atoms with van der Waals surface area (Å²) < 4.78 is 0. The first kappa shape index (κ1) is 30.4. The number of rotatable bonds is 6. The zero-order chi connectivity index (χ0) is 31.4. The highest BCUT2D eigenvalue weighted by atomic mass is 32.2. The Morgan fingerprint density at radius 3 is 0.933 bits per heavy atom. The molecular weight excluding hydrogens is 613 g/mol. The minimum Gasteiger partial charge on any atom is -0.269 e. The monoisotopic (exact) mass is 648 g/mol. The molecule has 3 aliphatic rings. The van der Waals surface area contributed by atoms with E-state index in [-0.39, 0.29) is 16.6 Å². The third kappa shape index (κ3) is 6.67. The van der Waals surface area contributed by atoms with E-state index in [1.165, 1.54) is 0 Å². The molecule has 0 aliphatic carbocycles. The first-order valence-electron chi connectivity index (χ1n) is 15.2. The van der Waals surface area contributed by atoms with Gasteiger partial charge in [0.25, 0.3) is 0 Å². The predicted molar refractivity (Wildman–Crippen MR) is 195 cm³/mol. The molecule has 7 rings (SSSR count). The Labute approximate surface area is 278 Å². The number of pyridine rings is 3. The van der Waals surface area contributed by atoms with E-state index < -0.39 is 0 Å². The van der Waals surface area contributed by atoms with Gasteiger partial charge in [0.05, 0.1) is 50.8 Å². The lowest BCUT2D eigenvalue weighted by Crippen LogP contribution is -2.15. The number of aliphatic imine (C=N–C) groups is 3. The average Bonchev–Trinajstić information content (AvgIpc) is 3.71. The van der Waals surface area contributed by atoms with Crippen LogP contribution in [0.15, 0.2) is 87.8 Å². The number of thioether (sulfide) groups is 3. The van der Waals surface area contributed by atoms with E-state index in [1.807, 2.05) is 0 Å². The van der Waals surface area contributed by atoms with Crippen molar-refractivity contribution in [2.45, 2.75) is 58.2 Å². The molecule has 6 heterocycles. The molecule has 0 fully saturated rings. The molecule has 9 heteroatoms. The molecule has 0 N–H and O–H groups in total. The van der Waals surface area contributed by atoms with E-state index in [4.69, 9.17) is 29.9 Å². The van der Waals surface area contributed by atoms with Gasteiger partial charge in [-0.2, -0.15) is 0 Å². The summed E-state index contributed by atoms with van der Waals surface area (Å²) in [6.07, 6.45) is 0. The van der Waals surface area contributed by atoms with Crippen LogP contribution in [0.3, 0.4) is 0 Å². The van der Waals surface area contributed by atoms with E-state index in [0.717, 1.165) is 83.2 Å². The summed E-state index contributed by atoms with van der Waals surface area (Å²) in [7, 11) is 0. The quantitative estimate of drug-likeness (QED) is 0.208. The summed E-state index contributed by atoms with van der Waals surface area (Å²) >= 11 is 5.32. The fourth-order valence-corrected chi connectivity index (χ4v) is 8.75. The molecule has 228 valence electrons. The van der Waals surface area contributed by atoms with Crippen molar-refractivity contribution in [3.63, 3.8) is 0 Å². The van der Waals surface area contributed by atoms with E-state index in [0.29, 0.717) is 0 Å². The molecule has 0 unspecified atom stereocenters. The van der Waals surface area contributed by atoms with E-state index in [9.17, 15) is 0 Å². The van der Waals surface area contributed by atoms with Gasteiger partial charge in [0.2, 0.25) is 0 Å². The maximum absolute atomic E-state index is 5.12. The number of nitrogens with zero attached hydrogens (tertiary/aromatic N) is 6. The van der Waals surface area contributed by atoms with Gasteiger partial charge in [0.15, 0.2) is 0 Å². The number of hydrogen-bond acceptors (Lipinski definition) is 9. The van der Waals surface area contributed by atoms with Crippen molar-refractivity contribution in [1.82, 2.24) is 15.0 Å². The van der Waals surface area contributed by atoms with Gasteiger partial charge in [-0.25, -0.2) is 15.0 Å². The van der Waals surface area contributed by atoms with Crippen LogP contribution in [0.2, 0.25) is 0 Å². The van der Waals surface area contributed by atoms with Gasteiger partial charge in [-0.05, 0) is 96.1 Å². The third-order valence-electron chi connectivity index (χ3n) is 7.62. The fourth-order valence-electron chi connectivity index (χ4n) is 5.36. The Hall–Kier alpha value is -3.27.